The van der Waals surface area contributed by atoms with Crippen LogP contribution in [0.1, 0.15) is 72.6 Å². The number of nitrogens with zero attached hydrogens (tertiary/aromatic N) is 3. The maximum Gasteiger partial charge on any atom is 0.228 e. The summed E-state index contributed by atoms with van der Waals surface area (Å²) in [7, 11) is 4.07. The quantitative estimate of drug-likeness (QED) is 0.145. The van der Waals surface area contributed by atoms with Crippen molar-refractivity contribution in [3.05, 3.63) is 102 Å². The van der Waals surface area contributed by atoms with E-state index in [1.807, 2.05) is 87.0 Å². The summed E-state index contributed by atoms with van der Waals surface area (Å²) in [6, 6.07) is 25.5. The molecular formula is C38H43N5O2. The number of ketones is 1. The Bertz CT molecular complexity index is 1750. The number of Topliss-reactive ketones (excluding diaryl/α,β-unsaturated/α-hetero) is 1. The fourth-order valence-corrected chi connectivity index (χ4v) is 6.85. The summed E-state index contributed by atoms with van der Waals surface area (Å²) in [6.07, 6.45) is 9.77. The third kappa shape index (κ3) is 7.25. The van der Waals surface area contributed by atoms with Crippen LogP contribution in [0.3, 0.4) is 0 Å². The summed E-state index contributed by atoms with van der Waals surface area (Å²) in [5, 5.41) is 5.33. The minimum atomic E-state index is -0.546. The number of hydrogen-bond acceptors (Lipinski definition) is 5. The Morgan fingerprint density at radius 2 is 1.56 bits per heavy atom. The van der Waals surface area contributed by atoms with Gasteiger partial charge < -0.3 is 15.2 Å². The van der Waals surface area contributed by atoms with Crippen LogP contribution in [0, 0.1) is 11.8 Å². The van der Waals surface area contributed by atoms with Crippen molar-refractivity contribution >= 4 is 39.3 Å². The molecule has 1 atom stereocenters. The van der Waals surface area contributed by atoms with Crippen LogP contribution in [-0.4, -0.2) is 47.3 Å². The molecule has 1 aliphatic rings. The number of rotatable bonds is 12. The highest BCUT2D eigenvalue weighted by atomic mass is 16.2. The summed E-state index contributed by atoms with van der Waals surface area (Å²) < 4.78 is 0. The fourth-order valence-electron chi connectivity index (χ4n) is 6.85. The standard InChI is InChI=1S/C38H43N5O2/c1-43(2)37-30-15-7-9-17-34(30)41-36(42-37)18-10-11-26-19-21-27(22-20-26)24-40-38(45)31(23-35(44)28-12-4-3-5-13-28)32-25-39-33-16-8-6-14-29(32)33/h3-9,12-17,25-27,31,39H,10-11,18-24H2,1-2H3,(H,40,45). The first kappa shape index (κ1) is 30.5. The zero-order valence-electron chi connectivity index (χ0n) is 26.3. The van der Waals surface area contributed by atoms with Gasteiger partial charge in [-0.3, -0.25) is 9.59 Å². The van der Waals surface area contributed by atoms with Crippen molar-refractivity contribution in [2.75, 3.05) is 25.5 Å². The predicted octanol–water partition coefficient (Wildman–Crippen LogP) is 7.48. The molecule has 2 N–H and O–H groups in total. The monoisotopic (exact) mass is 601 g/mol. The molecule has 5 aromatic rings. The SMILES string of the molecule is CN(C)c1nc(CCCC2CCC(CNC(=O)C(CC(=O)c3ccccc3)c3c[nH]c4ccccc34)CC2)nc2ccccc12. The highest BCUT2D eigenvalue weighted by Crippen LogP contribution is 2.33. The number of anilines is 1. The maximum atomic E-state index is 13.7. The van der Waals surface area contributed by atoms with Crippen molar-refractivity contribution in [3.8, 4) is 0 Å². The van der Waals surface area contributed by atoms with E-state index in [2.05, 4.69) is 27.3 Å². The second-order valence-electron chi connectivity index (χ2n) is 12.7. The number of amides is 1. The number of fused-ring (bicyclic) bond motifs is 2. The van der Waals surface area contributed by atoms with E-state index in [1.54, 1.807) is 0 Å². The lowest BCUT2D eigenvalue weighted by molar-refractivity contribution is -0.122. The molecule has 45 heavy (non-hydrogen) atoms. The number of benzene rings is 3. The van der Waals surface area contributed by atoms with Gasteiger partial charge in [0, 0.05) is 61.5 Å². The van der Waals surface area contributed by atoms with E-state index in [1.165, 1.54) is 19.3 Å². The van der Waals surface area contributed by atoms with E-state index in [9.17, 15) is 9.59 Å². The summed E-state index contributed by atoms with van der Waals surface area (Å²) in [5.74, 6) is 2.43. The van der Waals surface area contributed by atoms with Gasteiger partial charge in [0.1, 0.15) is 11.6 Å². The van der Waals surface area contributed by atoms with Gasteiger partial charge in [-0.05, 0) is 54.9 Å². The van der Waals surface area contributed by atoms with Crippen LogP contribution in [0.25, 0.3) is 21.8 Å². The van der Waals surface area contributed by atoms with Crippen LogP contribution in [0.15, 0.2) is 85.1 Å². The molecule has 3 aromatic carbocycles. The number of nitrogens with one attached hydrogen (secondary N) is 2. The van der Waals surface area contributed by atoms with E-state index in [4.69, 9.17) is 9.97 Å². The van der Waals surface area contributed by atoms with Crippen molar-refractivity contribution in [2.24, 2.45) is 11.8 Å². The molecule has 0 aliphatic heterocycles. The third-order valence-electron chi connectivity index (χ3n) is 9.40. The summed E-state index contributed by atoms with van der Waals surface area (Å²) in [5.41, 5.74) is 3.49. The molecule has 1 aliphatic carbocycles. The molecule has 1 unspecified atom stereocenters. The van der Waals surface area contributed by atoms with Crippen LogP contribution >= 0.6 is 0 Å². The number of carbonyl (C=O) groups excluding carboxylic acids is 2. The van der Waals surface area contributed by atoms with Gasteiger partial charge in [0.2, 0.25) is 5.91 Å². The normalized spacial score (nSPS) is 17.3. The highest BCUT2D eigenvalue weighted by Gasteiger charge is 2.28. The zero-order chi connectivity index (χ0) is 31.2. The first-order chi connectivity index (χ1) is 22.0. The van der Waals surface area contributed by atoms with Gasteiger partial charge in [0.05, 0.1) is 11.4 Å². The number of H-pyrrole nitrogens is 1. The first-order valence-corrected chi connectivity index (χ1v) is 16.3. The Balaban J connectivity index is 1.02. The molecule has 2 aromatic heterocycles. The van der Waals surface area contributed by atoms with Gasteiger partial charge >= 0.3 is 0 Å². The smallest absolute Gasteiger partial charge is 0.228 e. The molecule has 0 radical (unpaired) electrons. The Labute approximate surface area is 265 Å². The van der Waals surface area contributed by atoms with Crippen molar-refractivity contribution in [3.63, 3.8) is 0 Å². The number of para-hydroxylation sites is 2. The lowest BCUT2D eigenvalue weighted by Crippen LogP contribution is -2.35. The molecular weight excluding hydrogens is 558 g/mol. The number of aryl methyl sites for hydroxylation is 1. The molecule has 7 heteroatoms. The van der Waals surface area contributed by atoms with E-state index >= 15 is 0 Å². The van der Waals surface area contributed by atoms with Gasteiger partial charge in [0.25, 0.3) is 0 Å². The molecule has 6 rings (SSSR count). The molecule has 1 saturated carbocycles. The minimum absolute atomic E-state index is 0.0198. The number of hydrogen-bond donors (Lipinski definition) is 2. The van der Waals surface area contributed by atoms with Crippen LogP contribution in [0.2, 0.25) is 0 Å². The van der Waals surface area contributed by atoms with Gasteiger partial charge in [-0.2, -0.15) is 0 Å². The number of aromatic amines is 1. The molecule has 1 fully saturated rings. The Kier molecular flexibility index (Phi) is 9.53. The van der Waals surface area contributed by atoms with Crippen LogP contribution in [0.4, 0.5) is 5.82 Å². The lowest BCUT2D eigenvalue weighted by Gasteiger charge is -2.29. The second kappa shape index (κ2) is 14.1. The van der Waals surface area contributed by atoms with Crippen molar-refractivity contribution in [2.45, 2.75) is 57.3 Å². The van der Waals surface area contributed by atoms with Crippen LogP contribution in [0.5, 0.6) is 0 Å². The molecule has 0 saturated heterocycles. The molecule has 232 valence electrons. The average molecular weight is 602 g/mol. The van der Waals surface area contributed by atoms with Gasteiger partial charge in [-0.15, -0.1) is 0 Å². The van der Waals surface area contributed by atoms with E-state index in [0.717, 1.165) is 64.7 Å². The second-order valence-corrected chi connectivity index (χ2v) is 12.7. The average Bonchev–Trinajstić information content (AvgIpc) is 3.50. The maximum absolute atomic E-state index is 13.7. The largest absolute Gasteiger partial charge is 0.362 e. The first-order valence-electron chi connectivity index (χ1n) is 16.3. The molecule has 0 bridgehead atoms. The highest BCUT2D eigenvalue weighted by molar-refractivity contribution is 6.01. The van der Waals surface area contributed by atoms with E-state index in [0.29, 0.717) is 23.9 Å². The summed E-state index contributed by atoms with van der Waals surface area (Å²) in [6.45, 7) is 0.655. The van der Waals surface area contributed by atoms with Crippen molar-refractivity contribution in [1.29, 1.82) is 0 Å². The Hall–Kier alpha value is -4.52. The zero-order valence-corrected chi connectivity index (χ0v) is 26.3. The Morgan fingerprint density at radius 1 is 0.867 bits per heavy atom. The molecule has 7 nitrogen and oxygen atoms in total. The predicted molar refractivity (Wildman–Crippen MR) is 182 cm³/mol. The van der Waals surface area contributed by atoms with Gasteiger partial charge in [0.15, 0.2) is 5.78 Å². The Morgan fingerprint density at radius 3 is 2.33 bits per heavy atom. The van der Waals surface area contributed by atoms with Gasteiger partial charge in [-0.1, -0.05) is 79.9 Å². The molecule has 2 heterocycles. The minimum Gasteiger partial charge on any atom is -0.362 e. The summed E-state index contributed by atoms with van der Waals surface area (Å²) >= 11 is 0. The van der Waals surface area contributed by atoms with Crippen molar-refractivity contribution < 1.29 is 9.59 Å². The van der Waals surface area contributed by atoms with Crippen LogP contribution in [-0.2, 0) is 11.2 Å². The molecule has 1 amide bonds. The molecule has 0 spiro atoms. The van der Waals surface area contributed by atoms with E-state index in [-0.39, 0.29) is 18.1 Å². The summed E-state index contributed by atoms with van der Waals surface area (Å²) in [4.78, 5) is 42.0. The fraction of sp³-hybridized carbons (Fsp3) is 0.368. The number of carbonyl (C=O) groups is 2. The third-order valence-corrected chi connectivity index (χ3v) is 9.40. The van der Waals surface area contributed by atoms with Crippen LogP contribution < -0.4 is 10.2 Å². The lowest BCUT2D eigenvalue weighted by atomic mass is 9.79. The topological polar surface area (TPSA) is 91.0 Å². The number of aromatic nitrogens is 3. The van der Waals surface area contributed by atoms with E-state index < -0.39 is 5.92 Å². The van der Waals surface area contributed by atoms with Gasteiger partial charge in [-0.25, -0.2) is 9.97 Å². The van der Waals surface area contributed by atoms with Crippen molar-refractivity contribution in [1.82, 2.24) is 20.3 Å².